The fraction of sp³-hybridized carbons (Fsp3) is 0.188. The molecule has 124 valence electrons. The number of oxazole rings is 1. The van der Waals surface area contributed by atoms with Gasteiger partial charge in [-0.05, 0) is 19.1 Å². The fourth-order valence-electron chi connectivity index (χ4n) is 2.54. The Morgan fingerprint density at radius 2 is 2.04 bits per heavy atom. The third-order valence-electron chi connectivity index (χ3n) is 3.73. The molecule has 2 heterocycles. The number of aromatic nitrogens is 2. The van der Waals surface area contributed by atoms with Gasteiger partial charge in [0.05, 0.1) is 12.2 Å². The number of para-hydroxylation sites is 1. The molecule has 0 saturated carbocycles. The van der Waals surface area contributed by atoms with E-state index < -0.39 is 5.91 Å². The number of rotatable bonds is 4. The second-order valence-electron chi connectivity index (χ2n) is 5.29. The summed E-state index contributed by atoms with van der Waals surface area (Å²) in [6, 6.07) is 9.49. The number of nitrogens with zero attached hydrogens (tertiary/aromatic N) is 2. The zero-order valence-electron chi connectivity index (χ0n) is 13.2. The molecule has 0 aliphatic carbocycles. The summed E-state index contributed by atoms with van der Waals surface area (Å²) in [7, 11) is 1.82. The van der Waals surface area contributed by atoms with Crippen molar-refractivity contribution in [1.82, 2.24) is 20.3 Å². The van der Waals surface area contributed by atoms with E-state index >= 15 is 0 Å². The number of fused-ring (bicyclic) bond motifs is 1. The van der Waals surface area contributed by atoms with Crippen LogP contribution in [0.1, 0.15) is 32.6 Å². The number of carbonyl (C=O) groups excluding carboxylic acids is 2. The van der Waals surface area contributed by atoms with Gasteiger partial charge >= 0.3 is 5.91 Å². The molecule has 0 unspecified atom stereocenters. The molecule has 3 rings (SSSR count). The predicted octanol–water partition coefficient (Wildman–Crippen LogP) is 1.52. The van der Waals surface area contributed by atoms with Crippen molar-refractivity contribution in [3.05, 3.63) is 53.4 Å². The first kappa shape index (κ1) is 15.8. The Bertz CT molecular complexity index is 925. The Labute approximate surface area is 137 Å². The standard InChI is InChI=1S/C16H16N4O4/c1-9-14(16(22)19-23)24-13(18-9)8-17-15(21)12-7-10-5-3-4-6-11(10)20(12)2/h3-7,23H,8H2,1-2H3,(H,17,21)(H,19,22). The van der Waals surface area contributed by atoms with E-state index in [-0.39, 0.29) is 24.1 Å². The minimum atomic E-state index is -0.786. The first-order valence-corrected chi connectivity index (χ1v) is 7.24. The van der Waals surface area contributed by atoms with Gasteiger partial charge in [-0.1, -0.05) is 18.2 Å². The zero-order valence-corrected chi connectivity index (χ0v) is 13.2. The van der Waals surface area contributed by atoms with Gasteiger partial charge in [0.1, 0.15) is 5.69 Å². The van der Waals surface area contributed by atoms with E-state index in [0.717, 1.165) is 10.9 Å². The SMILES string of the molecule is Cc1nc(CNC(=O)c2cc3ccccc3n2C)oc1C(=O)NO. The van der Waals surface area contributed by atoms with Crippen molar-refractivity contribution in [2.45, 2.75) is 13.5 Å². The van der Waals surface area contributed by atoms with Crippen LogP contribution >= 0.6 is 0 Å². The maximum Gasteiger partial charge on any atom is 0.312 e. The minimum Gasteiger partial charge on any atom is -0.433 e. The minimum absolute atomic E-state index is 0.0277. The van der Waals surface area contributed by atoms with Gasteiger partial charge in [0.25, 0.3) is 5.91 Å². The van der Waals surface area contributed by atoms with Gasteiger partial charge in [0.2, 0.25) is 11.7 Å². The summed E-state index contributed by atoms with van der Waals surface area (Å²) < 4.78 is 7.04. The molecule has 0 aliphatic rings. The van der Waals surface area contributed by atoms with Gasteiger partial charge in [-0.15, -0.1) is 0 Å². The zero-order chi connectivity index (χ0) is 17.3. The van der Waals surface area contributed by atoms with E-state index in [1.807, 2.05) is 31.3 Å². The molecule has 8 nitrogen and oxygen atoms in total. The Morgan fingerprint density at radius 3 is 2.75 bits per heavy atom. The van der Waals surface area contributed by atoms with Gasteiger partial charge in [0, 0.05) is 18.0 Å². The van der Waals surface area contributed by atoms with Crippen LogP contribution in [0.15, 0.2) is 34.7 Å². The molecule has 0 radical (unpaired) electrons. The second kappa shape index (κ2) is 6.17. The van der Waals surface area contributed by atoms with Crippen LogP contribution in [0.2, 0.25) is 0 Å². The Morgan fingerprint density at radius 1 is 1.29 bits per heavy atom. The summed E-state index contributed by atoms with van der Waals surface area (Å²) in [6.07, 6.45) is 0. The average Bonchev–Trinajstić information content (AvgIpc) is 3.13. The molecule has 2 amide bonds. The lowest BCUT2D eigenvalue weighted by Gasteiger charge is -2.04. The van der Waals surface area contributed by atoms with Gasteiger partial charge in [-0.3, -0.25) is 14.8 Å². The Kier molecular flexibility index (Phi) is 4.05. The van der Waals surface area contributed by atoms with Gasteiger partial charge in [-0.2, -0.15) is 0 Å². The number of benzene rings is 1. The van der Waals surface area contributed by atoms with Crippen LogP contribution in [-0.4, -0.2) is 26.6 Å². The smallest absolute Gasteiger partial charge is 0.312 e. The molecule has 0 saturated heterocycles. The summed E-state index contributed by atoms with van der Waals surface area (Å²) >= 11 is 0. The maximum atomic E-state index is 12.4. The largest absolute Gasteiger partial charge is 0.433 e. The molecular formula is C16H16N4O4. The monoisotopic (exact) mass is 328 g/mol. The first-order valence-electron chi connectivity index (χ1n) is 7.24. The maximum absolute atomic E-state index is 12.4. The lowest BCUT2D eigenvalue weighted by atomic mass is 10.2. The van der Waals surface area contributed by atoms with Crippen LogP contribution in [0.3, 0.4) is 0 Å². The molecule has 3 N–H and O–H groups in total. The van der Waals surface area contributed by atoms with E-state index in [9.17, 15) is 9.59 Å². The molecule has 0 atom stereocenters. The molecule has 2 aromatic heterocycles. The van der Waals surface area contributed by atoms with Crippen molar-refractivity contribution in [2.75, 3.05) is 0 Å². The van der Waals surface area contributed by atoms with Crippen LogP contribution in [0.5, 0.6) is 0 Å². The molecule has 24 heavy (non-hydrogen) atoms. The number of carbonyl (C=O) groups is 2. The number of hydrogen-bond donors (Lipinski definition) is 3. The number of hydrogen-bond acceptors (Lipinski definition) is 5. The van der Waals surface area contributed by atoms with Crippen molar-refractivity contribution in [3.8, 4) is 0 Å². The van der Waals surface area contributed by atoms with Crippen molar-refractivity contribution < 1.29 is 19.2 Å². The summed E-state index contributed by atoms with van der Waals surface area (Å²) in [6.45, 7) is 1.60. The van der Waals surface area contributed by atoms with Crippen LogP contribution in [0, 0.1) is 6.92 Å². The van der Waals surface area contributed by atoms with Crippen LogP contribution in [0.25, 0.3) is 10.9 Å². The quantitative estimate of drug-likeness (QED) is 0.497. The van der Waals surface area contributed by atoms with Crippen molar-refractivity contribution in [3.63, 3.8) is 0 Å². The van der Waals surface area contributed by atoms with Crippen molar-refractivity contribution >= 4 is 22.7 Å². The van der Waals surface area contributed by atoms with Gasteiger partial charge in [0.15, 0.2) is 0 Å². The molecule has 0 spiro atoms. The van der Waals surface area contributed by atoms with Crippen LogP contribution in [-0.2, 0) is 13.6 Å². The summed E-state index contributed by atoms with van der Waals surface area (Å²) in [4.78, 5) is 27.8. The second-order valence-corrected chi connectivity index (χ2v) is 5.29. The van der Waals surface area contributed by atoms with Crippen LogP contribution in [0.4, 0.5) is 0 Å². The van der Waals surface area contributed by atoms with E-state index in [0.29, 0.717) is 11.4 Å². The highest BCUT2D eigenvalue weighted by molar-refractivity contribution is 5.98. The highest BCUT2D eigenvalue weighted by Crippen LogP contribution is 2.18. The number of nitrogens with one attached hydrogen (secondary N) is 2. The molecule has 8 heteroatoms. The van der Waals surface area contributed by atoms with Crippen molar-refractivity contribution in [1.29, 1.82) is 0 Å². The number of amides is 2. The molecule has 0 aliphatic heterocycles. The van der Waals surface area contributed by atoms with E-state index in [1.54, 1.807) is 17.6 Å². The van der Waals surface area contributed by atoms with Crippen LogP contribution < -0.4 is 10.8 Å². The fourth-order valence-corrected chi connectivity index (χ4v) is 2.54. The summed E-state index contributed by atoms with van der Waals surface area (Å²) in [5.41, 5.74) is 3.28. The molecule has 3 aromatic rings. The molecule has 0 fully saturated rings. The third kappa shape index (κ3) is 2.74. The van der Waals surface area contributed by atoms with Crippen molar-refractivity contribution in [2.24, 2.45) is 7.05 Å². The normalized spacial score (nSPS) is 10.8. The molecule has 1 aromatic carbocycles. The Hall–Kier alpha value is -3.13. The van der Waals surface area contributed by atoms with Gasteiger partial charge in [-0.25, -0.2) is 10.5 Å². The number of aryl methyl sites for hydroxylation is 2. The lowest BCUT2D eigenvalue weighted by Crippen LogP contribution is -2.25. The highest BCUT2D eigenvalue weighted by atomic mass is 16.5. The van der Waals surface area contributed by atoms with Gasteiger partial charge < -0.3 is 14.3 Å². The Balaban J connectivity index is 1.75. The summed E-state index contributed by atoms with van der Waals surface area (Å²) in [5.74, 6) is -0.978. The third-order valence-corrected chi connectivity index (χ3v) is 3.73. The van der Waals surface area contributed by atoms with E-state index in [2.05, 4.69) is 10.3 Å². The molecular weight excluding hydrogens is 312 g/mol. The average molecular weight is 328 g/mol. The number of hydroxylamine groups is 1. The highest BCUT2D eigenvalue weighted by Gasteiger charge is 2.18. The topological polar surface area (TPSA) is 109 Å². The summed E-state index contributed by atoms with van der Waals surface area (Å²) in [5, 5.41) is 12.3. The predicted molar refractivity (Wildman–Crippen MR) is 84.6 cm³/mol. The van der Waals surface area contributed by atoms with E-state index in [1.165, 1.54) is 5.48 Å². The lowest BCUT2D eigenvalue weighted by molar-refractivity contribution is 0.0673. The van der Waals surface area contributed by atoms with E-state index in [4.69, 9.17) is 9.62 Å². The molecule has 0 bridgehead atoms. The first-order chi connectivity index (χ1) is 11.5.